The first-order chi connectivity index (χ1) is 9.32. The van der Waals surface area contributed by atoms with Gasteiger partial charge in [0.05, 0.1) is 5.41 Å². The Morgan fingerprint density at radius 3 is 2.14 bits per heavy atom. The van der Waals surface area contributed by atoms with Crippen molar-refractivity contribution in [3.63, 3.8) is 0 Å². The number of hydrogen-bond donors (Lipinski definition) is 3. The molecule has 2 amide bonds. The second-order valence-electron chi connectivity index (χ2n) is 6.36. The van der Waals surface area contributed by atoms with Crippen molar-refractivity contribution in [2.24, 2.45) is 16.6 Å². The second kappa shape index (κ2) is 8.56. The molecule has 0 aromatic carbocycles. The van der Waals surface area contributed by atoms with Crippen molar-refractivity contribution in [2.75, 3.05) is 32.8 Å². The van der Waals surface area contributed by atoms with Crippen LogP contribution in [0.5, 0.6) is 0 Å². The molecule has 0 atom stereocenters. The zero-order valence-electron chi connectivity index (χ0n) is 13.2. The molecule has 1 fully saturated rings. The lowest BCUT2D eigenvalue weighted by Gasteiger charge is -2.34. The molecule has 1 aliphatic heterocycles. The minimum atomic E-state index is -0.508. The molecule has 0 radical (unpaired) electrons. The minimum absolute atomic E-state index is 0. The van der Waals surface area contributed by atoms with E-state index in [-0.39, 0.29) is 24.2 Å². The molecular weight excluding hydrogens is 294 g/mol. The summed E-state index contributed by atoms with van der Waals surface area (Å²) in [6.45, 7) is 7.89. The molecule has 6 nitrogen and oxygen atoms in total. The number of rotatable bonds is 5. The second-order valence-corrected chi connectivity index (χ2v) is 6.36. The number of carbonyl (C=O) groups excluding carboxylic acids is 2. The molecule has 0 aromatic rings. The Morgan fingerprint density at radius 1 is 1.14 bits per heavy atom. The molecule has 4 N–H and O–H groups in total. The highest BCUT2D eigenvalue weighted by Gasteiger charge is 2.38. The molecule has 1 saturated heterocycles. The van der Waals surface area contributed by atoms with E-state index < -0.39 is 10.8 Å². The van der Waals surface area contributed by atoms with Crippen LogP contribution in [0.4, 0.5) is 0 Å². The van der Waals surface area contributed by atoms with Crippen molar-refractivity contribution in [3.8, 4) is 0 Å². The smallest absolute Gasteiger partial charge is 0.227 e. The number of nitrogens with one attached hydrogen (secondary N) is 2. The van der Waals surface area contributed by atoms with Crippen molar-refractivity contribution in [1.29, 1.82) is 0 Å². The van der Waals surface area contributed by atoms with Crippen LogP contribution in [0.25, 0.3) is 0 Å². The van der Waals surface area contributed by atoms with Crippen LogP contribution in [-0.2, 0) is 14.3 Å². The summed E-state index contributed by atoms with van der Waals surface area (Å²) in [6, 6.07) is 0. The van der Waals surface area contributed by atoms with Gasteiger partial charge >= 0.3 is 0 Å². The SMILES string of the molecule is CC(C)(C)C(=O)NCCNC(=O)C1(CN)CCOCC1.Cl. The maximum atomic E-state index is 12.2. The van der Waals surface area contributed by atoms with E-state index in [0.717, 1.165) is 0 Å². The van der Waals surface area contributed by atoms with Gasteiger partial charge in [-0.15, -0.1) is 12.4 Å². The van der Waals surface area contributed by atoms with Crippen molar-refractivity contribution >= 4 is 24.2 Å². The lowest BCUT2D eigenvalue weighted by atomic mass is 9.79. The predicted molar refractivity (Wildman–Crippen MR) is 84.3 cm³/mol. The number of amides is 2. The average Bonchev–Trinajstić information content (AvgIpc) is 2.42. The van der Waals surface area contributed by atoms with Gasteiger partial charge in [0.15, 0.2) is 0 Å². The Kier molecular flexibility index (Phi) is 8.21. The Labute approximate surface area is 133 Å². The standard InChI is InChI=1S/C14H27N3O3.ClH/c1-13(2,3)11(18)16-6-7-17-12(19)14(10-15)4-8-20-9-5-14;/h4-10,15H2,1-3H3,(H,16,18)(H,17,19);1H. The highest BCUT2D eigenvalue weighted by atomic mass is 35.5. The van der Waals surface area contributed by atoms with E-state index in [2.05, 4.69) is 10.6 Å². The van der Waals surface area contributed by atoms with Gasteiger partial charge in [0, 0.05) is 38.3 Å². The van der Waals surface area contributed by atoms with E-state index in [0.29, 0.717) is 45.7 Å². The summed E-state index contributed by atoms with van der Waals surface area (Å²) >= 11 is 0. The fraction of sp³-hybridized carbons (Fsp3) is 0.857. The summed E-state index contributed by atoms with van der Waals surface area (Å²) in [5, 5.41) is 5.66. The molecule has 124 valence electrons. The van der Waals surface area contributed by atoms with Crippen molar-refractivity contribution in [2.45, 2.75) is 33.6 Å². The number of nitrogens with two attached hydrogens (primary N) is 1. The fourth-order valence-corrected chi connectivity index (χ4v) is 2.09. The average molecular weight is 322 g/mol. The van der Waals surface area contributed by atoms with Crippen molar-refractivity contribution < 1.29 is 14.3 Å². The van der Waals surface area contributed by atoms with Crippen LogP contribution in [-0.4, -0.2) is 44.7 Å². The van der Waals surface area contributed by atoms with Crippen molar-refractivity contribution in [1.82, 2.24) is 10.6 Å². The van der Waals surface area contributed by atoms with E-state index in [1.807, 2.05) is 20.8 Å². The summed E-state index contributed by atoms with van der Waals surface area (Å²) < 4.78 is 5.28. The van der Waals surface area contributed by atoms with Crippen LogP contribution in [0, 0.1) is 10.8 Å². The molecule has 7 heteroatoms. The van der Waals surface area contributed by atoms with Gasteiger partial charge in [0.25, 0.3) is 0 Å². The van der Waals surface area contributed by atoms with E-state index in [9.17, 15) is 9.59 Å². The third-order valence-electron chi connectivity index (χ3n) is 3.70. The monoisotopic (exact) mass is 321 g/mol. The number of hydrogen-bond acceptors (Lipinski definition) is 4. The van der Waals surface area contributed by atoms with E-state index in [4.69, 9.17) is 10.5 Å². The zero-order valence-corrected chi connectivity index (χ0v) is 14.0. The lowest BCUT2D eigenvalue weighted by molar-refractivity contribution is -0.136. The molecule has 0 aliphatic carbocycles. The van der Waals surface area contributed by atoms with Gasteiger partial charge in [-0.3, -0.25) is 9.59 Å². The van der Waals surface area contributed by atoms with Crippen molar-refractivity contribution in [3.05, 3.63) is 0 Å². The molecule has 0 unspecified atom stereocenters. The number of carbonyl (C=O) groups is 2. The van der Waals surface area contributed by atoms with Crippen LogP contribution < -0.4 is 16.4 Å². The molecule has 1 rings (SSSR count). The Balaban J connectivity index is 0.00000400. The molecule has 0 aromatic heterocycles. The van der Waals surface area contributed by atoms with Gasteiger partial charge in [-0.2, -0.15) is 0 Å². The largest absolute Gasteiger partial charge is 0.381 e. The lowest BCUT2D eigenvalue weighted by Crippen LogP contribution is -2.50. The Bertz CT molecular complexity index is 350. The van der Waals surface area contributed by atoms with E-state index >= 15 is 0 Å². The Morgan fingerprint density at radius 2 is 1.67 bits per heavy atom. The van der Waals surface area contributed by atoms with Crippen LogP contribution in [0.2, 0.25) is 0 Å². The molecule has 1 aliphatic rings. The molecule has 0 saturated carbocycles. The number of ether oxygens (including phenoxy) is 1. The predicted octanol–water partition coefficient (Wildman–Crippen LogP) is 0.442. The molecular formula is C14H28ClN3O3. The van der Waals surface area contributed by atoms with Gasteiger partial charge in [0.1, 0.15) is 0 Å². The third kappa shape index (κ3) is 5.80. The molecule has 0 spiro atoms. The summed E-state index contributed by atoms with van der Waals surface area (Å²) in [5.41, 5.74) is 4.84. The highest BCUT2D eigenvalue weighted by molar-refractivity contribution is 5.85. The van der Waals surface area contributed by atoms with Gasteiger partial charge in [-0.25, -0.2) is 0 Å². The third-order valence-corrected chi connectivity index (χ3v) is 3.70. The summed E-state index contributed by atoms with van der Waals surface area (Å²) in [5.74, 6) is -0.0559. The quantitative estimate of drug-likeness (QED) is 0.641. The Hall–Kier alpha value is -0.850. The van der Waals surface area contributed by atoms with Gasteiger partial charge in [0.2, 0.25) is 11.8 Å². The molecule has 21 heavy (non-hydrogen) atoms. The first kappa shape index (κ1) is 20.1. The maximum Gasteiger partial charge on any atom is 0.227 e. The first-order valence-corrected chi connectivity index (χ1v) is 7.16. The fourth-order valence-electron chi connectivity index (χ4n) is 2.09. The summed E-state index contributed by atoms with van der Waals surface area (Å²) in [7, 11) is 0. The van der Waals surface area contributed by atoms with Gasteiger partial charge < -0.3 is 21.1 Å². The summed E-state index contributed by atoms with van der Waals surface area (Å²) in [4.78, 5) is 23.9. The zero-order chi connectivity index (χ0) is 15.2. The van der Waals surface area contributed by atoms with Crippen LogP contribution in [0.1, 0.15) is 33.6 Å². The maximum absolute atomic E-state index is 12.2. The van der Waals surface area contributed by atoms with Crippen LogP contribution in [0.15, 0.2) is 0 Å². The minimum Gasteiger partial charge on any atom is -0.381 e. The van der Waals surface area contributed by atoms with Gasteiger partial charge in [-0.1, -0.05) is 20.8 Å². The molecule has 1 heterocycles. The normalized spacial score (nSPS) is 17.5. The van der Waals surface area contributed by atoms with Gasteiger partial charge in [-0.05, 0) is 12.8 Å². The summed E-state index contributed by atoms with van der Waals surface area (Å²) in [6.07, 6.45) is 1.31. The molecule has 0 bridgehead atoms. The number of halogens is 1. The highest BCUT2D eigenvalue weighted by Crippen LogP contribution is 2.29. The van der Waals surface area contributed by atoms with Crippen LogP contribution in [0.3, 0.4) is 0 Å². The van der Waals surface area contributed by atoms with Crippen LogP contribution >= 0.6 is 12.4 Å². The van der Waals surface area contributed by atoms with E-state index in [1.165, 1.54) is 0 Å². The van der Waals surface area contributed by atoms with E-state index in [1.54, 1.807) is 0 Å². The first-order valence-electron chi connectivity index (χ1n) is 7.16. The topological polar surface area (TPSA) is 93.5 Å².